The standard InChI is InChI=1S/C4H8OP/c1-4(2)3-6-5/h3-4H,1-2H3/q+1. The second-order valence-corrected chi connectivity index (χ2v) is 2.01. The van der Waals surface area contributed by atoms with E-state index in [1.807, 2.05) is 13.8 Å². The van der Waals surface area contributed by atoms with Gasteiger partial charge in [-0.05, 0) is 0 Å². The van der Waals surface area contributed by atoms with E-state index >= 15 is 0 Å². The average Bonchev–Trinajstić information content (AvgIpc) is 1.35. The fourth-order valence-corrected chi connectivity index (χ4v) is 0.365. The van der Waals surface area contributed by atoms with Crippen LogP contribution >= 0.6 is 8.08 Å². The van der Waals surface area contributed by atoms with E-state index in [0.717, 1.165) is 0 Å². The van der Waals surface area contributed by atoms with Crippen LogP contribution in [0.15, 0.2) is 0 Å². The van der Waals surface area contributed by atoms with Gasteiger partial charge in [0.2, 0.25) is 0 Å². The summed E-state index contributed by atoms with van der Waals surface area (Å²) in [5, 5.41) is 0. The van der Waals surface area contributed by atoms with Gasteiger partial charge in [0, 0.05) is 0 Å². The second kappa shape index (κ2) is 3.30. The van der Waals surface area contributed by atoms with E-state index in [1.54, 1.807) is 5.80 Å². The van der Waals surface area contributed by atoms with E-state index in [1.165, 1.54) is 0 Å². The van der Waals surface area contributed by atoms with E-state index in [9.17, 15) is 4.57 Å². The third-order valence-corrected chi connectivity index (χ3v) is 1.08. The van der Waals surface area contributed by atoms with Gasteiger partial charge in [-0.25, -0.2) is 0 Å². The molecular weight excluding hydrogens is 95.0 g/mol. The Morgan fingerprint density at radius 2 is 2.17 bits per heavy atom. The molecular formula is C4H8OP+. The summed E-state index contributed by atoms with van der Waals surface area (Å²) in [4.78, 5) is 0. The maximum atomic E-state index is 9.66. The topological polar surface area (TPSA) is 17.1 Å². The van der Waals surface area contributed by atoms with Crippen molar-refractivity contribution in [3.63, 3.8) is 0 Å². The van der Waals surface area contributed by atoms with Gasteiger partial charge in [-0.2, -0.15) is 0 Å². The van der Waals surface area contributed by atoms with E-state index in [4.69, 9.17) is 0 Å². The molecule has 0 rings (SSSR count). The van der Waals surface area contributed by atoms with E-state index in [0.29, 0.717) is 5.92 Å². The summed E-state index contributed by atoms with van der Waals surface area (Å²) in [6.45, 7) is 3.98. The summed E-state index contributed by atoms with van der Waals surface area (Å²) in [7, 11) is 0.149. The van der Waals surface area contributed by atoms with Crippen molar-refractivity contribution in [3.05, 3.63) is 0 Å². The predicted molar refractivity (Wildman–Crippen MR) is 28.5 cm³/mol. The Morgan fingerprint density at radius 3 is 2.17 bits per heavy atom. The molecule has 0 saturated carbocycles. The van der Waals surface area contributed by atoms with Gasteiger partial charge in [0.05, 0.1) is 0 Å². The van der Waals surface area contributed by atoms with Gasteiger partial charge in [0.25, 0.3) is 0 Å². The van der Waals surface area contributed by atoms with Crippen molar-refractivity contribution < 1.29 is 4.57 Å². The first kappa shape index (κ1) is 6.10. The van der Waals surface area contributed by atoms with Crippen LogP contribution in [0.3, 0.4) is 0 Å². The normalized spacial score (nSPS) is 8.50. The summed E-state index contributed by atoms with van der Waals surface area (Å²) < 4.78 is 9.66. The summed E-state index contributed by atoms with van der Waals surface area (Å²) in [5.74, 6) is 2.16. The summed E-state index contributed by atoms with van der Waals surface area (Å²) in [6, 6.07) is 0. The Balaban J connectivity index is 3.29. The molecule has 0 spiro atoms. The average molecular weight is 103 g/mol. The van der Waals surface area contributed by atoms with Crippen molar-refractivity contribution in [2.75, 3.05) is 0 Å². The molecule has 6 heavy (non-hydrogen) atoms. The molecule has 2 heteroatoms. The van der Waals surface area contributed by atoms with Crippen LogP contribution < -0.4 is 0 Å². The minimum atomic E-state index is 0.149. The van der Waals surface area contributed by atoms with Gasteiger partial charge < -0.3 is 0 Å². The zero-order valence-corrected chi connectivity index (χ0v) is 4.90. The van der Waals surface area contributed by atoms with E-state index in [2.05, 4.69) is 0 Å². The van der Waals surface area contributed by atoms with Crippen LogP contribution in [0.5, 0.6) is 0 Å². The fourth-order valence-electron chi connectivity index (χ4n) is 0.122. The Bertz CT molecular complexity index is 71.6. The molecule has 0 radical (unpaired) electrons. The second-order valence-electron chi connectivity index (χ2n) is 1.50. The van der Waals surface area contributed by atoms with Crippen molar-refractivity contribution in [2.45, 2.75) is 13.8 Å². The fraction of sp³-hybridized carbons (Fsp3) is 0.750. The molecule has 0 amide bonds. The quantitative estimate of drug-likeness (QED) is 0.462. The van der Waals surface area contributed by atoms with Crippen molar-refractivity contribution in [1.29, 1.82) is 0 Å². The van der Waals surface area contributed by atoms with E-state index in [-0.39, 0.29) is 8.08 Å². The third-order valence-electron chi connectivity index (χ3n) is 0.359. The van der Waals surface area contributed by atoms with Crippen LogP contribution in [-0.4, -0.2) is 5.80 Å². The molecule has 0 atom stereocenters. The SMILES string of the molecule is CC(C)C=[P+]=O. The molecule has 1 nitrogen and oxygen atoms in total. The van der Waals surface area contributed by atoms with Gasteiger partial charge in [-0.1, -0.05) is 0 Å². The maximum absolute atomic E-state index is 9.66. The zero-order valence-electron chi connectivity index (χ0n) is 4.01. The Morgan fingerprint density at radius 1 is 1.67 bits per heavy atom. The monoisotopic (exact) mass is 103 g/mol. The molecule has 0 aromatic carbocycles. The Kier molecular flexibility index (Phi) is 3.35. The molecule has 0 unspecified atom stereocenters. The van der Waals surface area contributed by atoms with E-state index < -0.39 is 0 Å². The van der Waals surface area contributed by atoms with Crippen LogP contribution in [-0.2, 0) is 4.57 Å². The predicted octanol–water partition coefficient (Wildman–Crippen LogP) is 1.74. The Labute approximate surface area is 39.2 Å². The molecule has 0 heterocycles. The van der Waals surface area contributed by atoms with Crippen molar-refractivity contribution in [2.24, 2.45) is 5.92 Å². The van der Waals surface area contributed by atoms with Gasteiger partial charge in [0.15, 0.2) is 0 Å². The number of rotatable bonds is 1. The van der Waals surface area contributed by atoms with Crippen molar-refractivity contribution in [1.82, 2.24) is 0 Å². The summed E-state index contributed by atoms with van der Waals surface area (Å²) in [5.41, 5.74) is 0. The van der Waals surface area contributed by atoms with Gasteiger partial charge in [-0.15, -0.1) is 0 Å². The molecule has 0 aliphatic rings. The first-order valence-electron chi connectivity index (χ1n) is 1.93. The minimum absolute atomic E-state index is 0.149. The zero-order chi connectivity index (χ0) is 4.99. The van der Waals surface area contributed by atoms with Crippen LogP contribution in [0.4, 0.5) is 0 Å². The molecule has 0 bridgehead atoms. The summed E-state index contributed by atoms with van der Waals surface area (Å²) in [6.07, 6.45) is 0. The van der Waals surface area contributed by atoms with Crippen LogP contribution in [0.25, 0.3) is 0 Å². The molecule has 0 aromatic rings. The van der Waals surface area contributed by atoms with Gasteiger partial charge in [0.1, 0.15) is 0 Å². The number of hydrogen-bond acceptors (Lipinski definition) is 1. The van der Waals surface area contributed by atoms with Gasteiger partial charge >= 0.3 is 38.2 Å². The Hall–Kier alpha value is 0.100. The first-order valence-corrected chi connectivity index (χ1v) is 2.81. The van der Waals surface area contributed by atoms with Crippen molar-refractivity contribution >= 4 is 13.9 Å². The molecule has 0 aromatic heterocycles. The van der Waals surface area contributed by atoms with Crippen LogP contribution in [0.2, 0.25) is 0 Å². The van der Waals surface area contributed by atoms with Crippen molar-refractivity contribution in [3.8, 4) is 0 Å². The molecule has 34 valence electrons. The van der Waals surface area contributed by atoms with Crippen LogP contribution in [0, 0.1) is 5.92 Å². The molecule has 0 fully saturated rings. The first-order chi connectivity index (χ1) is 2.77. The molecule has 0 aliphatic heterocycles. The summed E-state index contributed by atoms with van der Waals surface area (Å²) >= 11 is 0. The molecule has 0 N–H and O–H groups in total. The third kappa shape index (κ3) is 4.10. The molecule has 0 aliphatic carbocycles. The molecule has 0 saturated heterocycles. The van der Waals surface area contributed by atoms with Crippen LogP contribution in [0.1, 0.15) is 13.8 Å². The number of hydrogen-bond donors (Lipinski definition) is 0. The van der Waals surface area contributed by atoms with Gasteiger partial charge in [-0.3, -0.25) is 0 Å².